The molecule has 0 bridgehead atoms. The van der Waals surface area contributed by atoms with E-state index in [9.17, 15) is 0 Å². The number of benzene rings is 4. The summed E-state index contributed by atoms with van der Waals surface area (Å²) in [6.45, 7) is 4.77. The highest BCUT2D eigenvalue weighted by Gasteiger charge is 2.54. The molecule has 0 aromatic heterocycles. The fourth-order valence-electron chi connectivity index (χ4n) is 10.5. The molecule has 1 fully saturated rings. The zero-order chi connectivity index (χ0) is 32.7. The van der Waals surface area contributed by atoms with Gasteiger partial charge in [-0.05, 0) is 85.9 Å². The van der Waals surface area contributed by atoms with Crippen molar-refractivity contribution in [1.29, 1.82) is 0 Å². The summed E-state index contributed by atoms with van der Waals surface area (Å²) >= 11 is 0. The SMILES string of the molecule is CC1C(c2cccc3ccccc23)=CC=CC1C1=c2ccccc2=C(C2c3ccccc3C=C3C2O[C@@]2(C)C=CCCC32)C2C=CC=CC12. The van der Waals surface area contributed by atoms with Gasteiger partial charge in [-0.1, -0.05) is 159 Å². The summed E-state index contributed by atoms with van der Waals surface area (Å²) < 4.78 is 7.29. The molecule has 1 heterocycles. The van der Waals surface area contributed by atoms with Crippen LogP contribution in [0, 0.1) is 29.6 Å². The smallest absolute Gasteiger partial charge is 0.0910 e. The average molecular weight is 635 g/mol. The second-order valence-electron chi connectivity index (χ2n) is 15.1. The summed E-state index contributed by atoms with van der Waals surface area (Å²) in [4.78, 5) is 0. The average Bonchev–Trinajstić information content (AvgIpc) is 3.45. The van der Waals surface area contributed by atoms with Crippen molar-refractivity contribution in [2.45, 2.75) is 44.3 Å². The third-order valence-electron chi connectivity index (χ3n) is 12.7. The van der Waals surface area contributed by atoms with Crippen molar-refractivity contribution < 1.29 is 4.74 Å². The van der Waals surface area contributed by atoms with E-state index in [4.69, 9.17) is 4.74 Å². The lowest BCUT2D eigenvalue weighted by molar-refractivity contribution is -0.0165. The van der Waals surface area contributed by atoms with Crippen LogP contribution < -0.4 is 10.4 Å². The maximum atomic E-state index is 7.29. The van der Waals surface area contributed by atoms with E-state index in [1.165, 1.54) is 54.6 Å². The standard InChI is InChI=1S/C48H42O/c1-30-33(37-26-13-17-31-15-3-5-18-35(31)37)24-14-25-34(30)44-38-20-7-9-22-40(38)45(41-23-10-8-21-39(41)44)46-36-19-6-4-16-32(36)29-42-43-27-11-12-28-48(43,2)49-47(42)46/h3-10,12-26,28-30,34,38,40,43,46-47H,11,27H2,1-2H3/t30?,34?,38?,40?,43?,46?,47?,48-/m0/s1. The van der Waals surface area contributed by atoms with Crippen molar-refractivity contribution >= 4 is 33.6 Å². The summed E-state index contributed by atoms with van der Waals surface area (Å²) in [5.41, 5.74) is 9.87. The maximum Gasteiger partial charge on any atom is 0.0910 e. The molecule has 1 aliphatic heterocycles. The van der Waals surface area contributed by atoms with E-state index in [0.717, 1.165) is 12.8 Å². The fraction of sp³-hybridized carbons (Fsp3) is 0.250. The zero-order valence-electron chi connectivity index (χ0n) is 28.3. The Hall–Kier alpha value is -4.72. The molecule has 240 valence electrons. The predicted octanol–water partition coefficient (Wildman–Crippen LogP) is 9.72. The number of hydrogen-bond acceptors (Lipinski definition) is 1. The minimum Gasteiger partial charge on any atom is -0.362 e. The van der Waals surface area contributed by atoms with Crippen LogP contribution >= 0.6 is 0 Å². The first-order valence-electron chi connectivity index (χ1n) is 18.3. The largest absolute Gasteiger partial charge is 0.362 e. The summed E-state index contributed by atoms with van der Waals surface area (Å²) in [6, 6.07) is 34.1. The van der Waals surface area contributed by atoms with Gasteiger partial charge < -0.3 is 4.74 Å². The molecule has 1 saturated heterocycles. The fourth-order valence-corrected chi connectivity index (χ4v) is 10.5. The van der Waals surface area contributed by atoms with Crippen molar-refractivity contribution in [1.82, 2.24) is 0 Å². The van der Waals surface area contributed by atoms with E-state index in [1.807, 2.05) is 0 Å². The van der Waals surface area contributed by atoms with Gasteiger partial charge in [0.1, 0.15) is 0 Å². The van der Waals surface area contributed by atoms with Crippen molar-refractivity contribution in [3.8, 4) is 0 Å². The topological polar surface area (TPSA) is 9.23 Å². The van der Waals surface area contributed by atoms with Crippen LogP contribution in [0.4, 0.5) is 0 Å². The molecule has 0 amide bonds. The summed E-state index contributed by atoms with van der Waals surface area (Å²) in [6.07, 6.45) is 26.2. The van der Waals surface area contributed by atoms with Gasteiger partial charge in [-0.15, -0.1) is 0 Å². The molecule has 0 saturated carbocycles. The third-order valence-corrected chi connectivity index (χ3v) is 12.7. The van der Waals surface area contributed by atoms with E-state index in [-0.39, 0.29) is 35.4 Å². The van der Waals surface area contributed by atoms with Crippen LogP contribution in [0.25, 0.3) is 33.6 Å². The molecule has 1 nitrogen and oxygen atoms in total. The molecule has 0 spiro atoms. The summed E-state index contributed by atoms with van der Waals surface area (Å²) in [5.74, 6) is 1.73. The van der Waals surface area contributed by atoms with Crippen LogP contribution in [-0.2, 0) is 4.74 Å². The lowest BCUT2D eigenvalue weighted by atomic mass is 9.61. The van der Waals surface area contributed by atoms with Gasteiger partial charge in [0.05, 0.1) is 11.7 Å². The Morgan fingerprint density at radius 1 is 0.714 bits per heavy atom. The van der Waals surface area contributed by atoms with Gasteiger partial charge in [0.2, 0.25) is 0 Å². The Kier molecular flexibility index (Phi) is 6.65. The molecule has 10 rings (SSSR count). The highest BCUT2D eigenvalue weighted by atomic mass is 16.5. The molecule has 4 aromatic carbocycles. The summed E-state index contributed by atoms with van der Waals surface area (Å²) in [5, 5.41) is 5.45. The zero-order valence-corrected chi connectivity index (χ0v) is 28.3. The molecule has 8 atom stereocenters. The highest BCUT2D eigenvalue weighted by molar-refractivity contribution is 5.95. The number of hydrogen-bond donors (Lipinski definition) is 0. The Bertz CT molecular complexity index is 2340. The van der Waals surface area contributed by atoms with E-state index < -0.39 is 0 Å². The maximum absolute atomic E-state index is 7.29. The molecule has 49 heavy (non-hydrogen) atoms. The second kappa shape index (κ2) is 11.2. The highest BCUT2D eigenvalue weighted by Crippen LogP contribution is 2.57. The first-order chi connectivity index (χ1) is 24.1. The van der Waals surface area contributed by atoms with Gasteiger partial charge in [0.25, 0.3) is 0 Å². The first-order valence-corrected chi connectivity index (χ1v) is 18.3. The summed E-state index contributed by atoms with van der Waals surface area (Å²) in [7, 11) is 0. The van der Waals surface area contributed by atoms with Crippen LogP contribution in [0.15, 0.2) is 151 Å². The van der Waals surface area contributed by atoms with E-state index >= 15 is 0 Å². The van der Waals surface area contributed by atoms with Crippen LogP contribution in [0.3, 0.4) is 0 Å². The Balaban J connectivity index is 1.19. The molecule has 4 aromatic rings. The molecule has 0 radical (unpaired) electrons. The van der Waals surface area contributed by atoms with Gasteiger partial charge >= 0.3 is 0 Å². The molecular weight excluding hydrogens is 593 g/mol. The Morgan fingerprint density at radius 3 is 2.31 bits per heavy atom. The minimum absolute atomic E-state index is 0.0339. The monoisotopic (exact) mass is 634 g/mol. The van der Waals surface area contributed by atoms with Crippen LogP contribution in [0.5, 0.6) is 0 Å². The van der Waals surface area contributed by atoms with Gasteiger partial charge in [-0.25, -0.2) is 0 Å². The first kappa shape index (κ1) is 29.2. The van der Waals surface area contributed by atoms with Gasteiger partial charge in [0.15, 0.2) is 0 Å². The van der Waals surface area contributed by atoms with Crippen molar-refractivity contribution in [3.05, 3.63) is 178 Å². The van der Waals surface area contributed by atoms with Gasteiger partial charge in [-0.2, -0.15) is 0 Å². The Labute approximate surface area is 289 Å². The lowest BCUT2D eigenvalue weighted by Gasteiger charge is -2.43. The normalized spacial score (nSPS) is 32.2. The van der Waals surface area contributed by atoms with E-state index in [0.29, 0.717) is 11.8 Å². The molecule has 1 heteroatoms. The predicted molar refractivity (Wildman–Crippen MR) is 204 cm³/mol. The molecular formula is C48H42O. The van der Waals surface area contributed by atoms with Crippen molar-refractivity contribution in [2.75, 3.05) is 0 Å². The molecule has 6 aliphatic rings. The van der Waals surface area contributed by atoms with E-state index in [2.05, 4.69) is 166 Å². The minimum atomic E-state index is -0.255. The number of ether oxygens (including phenoxy) is 1. The third kappa shape index (κ3) is 4.35. The van der Waals surface area contributed by atoms with Crippen LogP contribution in [0.1, 0.15) is 49.3 Å². The number of allylic oxidation sites excluding steroid dienone is 9. The van der Waals surface area contributed by atoms with Crippen molar-refractivity contribution in [3.63, 3.8) is 0 Å². The van der Waals surface area contributed by atoms with Crippen LogP contribution in [-0.4, -0.2) is 11.7 Å². The van der Waals surface area contributed by atoms with E-state index in [1.54, 1.807) is 5.57 Å². The molecule has 5 aliphatic carbocycles. The van der Waals surface area contributed by atoms with Crippen molar-refractivity contribution in [2.24, 2.45) is 29.6 Å². The quantitative estimate of drug-likeness (QED) is 0.204. The molecule has 7 unspecified atom stereocenters. The van der Waals surface area contributed by atoms with Gasteiger partial charge in [-0.3, -0.25) is 0 Å². The lowest BCUT2D eigenvalue weighted by Crippen LogP contribution is -2.45. The number of fused-ring (bicyclic) bond motifs is 7. The molecule has 0 N–H and O–H groups in total. The number of rotatable bonds is 3. The Morgan fingerprint density at radius 2 is 1.43 bits per heavy atom. The second-order valence-corrected chi connectivity index (χ2v) is 15.1. The van der Waals surface area contributed by atoms with Gasteiger partial charge in [0, 0.05) is 29.6 Å². The van der Waals surface area contributed by atoms with Crippen LogP contribution in [0.2, 0.25) is 0 Å².